The van der Waals surface area contributed by atoms with Gasteiger partial charge in [0.05, 0.1) is 0 Å². The zero-order chi connectivity index (χ0) is 9.42. The second kappa shape index (κ2) is 3.27. The first-order chi connectivity index (χ1) is 6.18. The van der Waals surface area contributed by atoms with E-state index in [0.717, 1.165) is 24.4 Å². The van der Waals surface area contributed by atoms with Crippen molar-refractivity contribution in [3.05, 3.63) is 16.1 Å². The largest absolute Gasteiger partial charge is 0.338 e. The molecule has 13 heavy (non-hydrogen) atoms. The Kier molecular flexibility index (Phi) is 2.26. The van der Waals surface area contributed by atoms with Gasteiger partial charge in [0.25, 0.3) is 5.91 Å². The molecule has 1 aliphatic rings. The third-order valence-electron chi connectivity index (χ3n) is 2.11. The lowest BCUT2D eigenvalue weighted by Gasteiger charge is -2.13. The van der Waals surface area contributed by atoms with E-state index in [1.54, 1.807) is 11.0 Å². The molecule has 0 bridgehead atoms. The van der Waals surface area contributed by atoms with Crippen molar-refractivity contribution >= 4 is 29.0 Å². The topological polar surface area (TPSA) is 33.2 Å². The Morgan fingerprint density at radius 3 is 2.92 bits per heavy atom. The van der Waals surface area contributed by atoms with E-state index in [1.807, 2.05) is 7.05 Å². The lowest BCUT2D eigenvalue weighted by atomic mass is 10.4. The van der Waals surface area contributed by atoms with Crippen molar-refractivity contribution in [1.82, 2.24) is 9.27 Å². The molecule has 0 spiro atoms. The lowest BCUT2D eigenvalue weighted by Crippen LogP contribution is -2.27. The van der Waals surface area contributed by atoms with Crippen LogP contribution in [0.1, 0.15) is 22.5 Å². The van der Waals surface area contributed by atoms with Gasteiger partial charge in [0, 0.05) is 19.2 Å². The average Bonchev–Trinajstić information content (AvgIpc) is 2.87. The van der Waals surface area contributed by atoms with Crippen LogP contribution in [0.4, 0.5) is 0 Å². The molecular formula is C8H9ClN2OS. The summed E-state index contributed by atoms with van der Waals surface area (Å²) in [6, 6.07) is 2.06. The van der Waals surface area contributed by atoms with Crippen LogP contribution in [0, 0.1) is 0 Å². The summed E-state index contributed by atoms with van der Waals surface area (Å²) >= 11 is 6.79. The molecule has 70 valence electrons. The fourth-order valence-corrected chi connectivity index (χ4v) is 2.06. The fraction of sp³-hybridized carbons (Fsp3) is 0.500. The smallest absolute Gasteiger partial charge is 0.265 e. The number of amides is 1. The highest BCUT2D eigenvalue weighted by Gasteiger charge is 2.30. The molecule has 0 atom stereocenters. The molecule has 0 radical (unpaired) electrons. The van der Waals surface area contributed by atoms with Crippen LogP contribution in [0.15, 0.2) is 6.07 Å². The number of rotatable bonds is 2. The Balaban J connectivity index is 2.11. The van der Waals surface area contributed by atoms with Gasteiger partial charge in [0.15, 0.2) is 0 Å². The van der Waals surface area contributed by atoms with Gasteiger partial charge in [-0.3, -0.25) is 4.79 Å². The van der Waals surface area contributed by atoms with Crippen LogP contribution in [-0.4, -0.2) is 28.3 Å². The van der Waals surface area contributed by atoms with Crippen LogP contribution in [0.5, 0.6) is 0 Å². The summed E-state index contributed by atoms with van der Waals surface area (Å²) in [5, 5.41) is 0.401. The van der Waals surface area contributed by atoms with Gasteiger partial charge in [-0.25, -0.2) is 0 Å². The van der Waals surface area contributed by atoms with Gasteiger partial charge < -0.3 is 4.90 Å². The van der Waals surface area contributed by atoms with Crippen molar-refractivity contribution < 1.29 is 4.79 Å². The molecule has 1 aromatic heterocycles. The van der Waals surface area contributed by atoms with E-state index >= 15 is 0 Å². The minimum Gasteiger partial charge on any atom is -0.338 e. The normalized spacial score (nSPS) is 15.8. The van der Waals surface area contributed by atoms with Gasteiger partial charge in [-0.2, -0.15) is 4.37 Å². The maximum atomic E-state index is 11.7. The summed E-state index contributed by atoms with van der Waals surface area (Å²) < 4.78 is 3.86. The standard InChI is InChI=1S/C8H9ClN2OS/c1-11(5-2-3-5)8(12)6-4-7(9)10-13-6/h4-5H,2-3H2,1H3. The first-order valence-corrected chi connectivity index (χ1v) is 5.23. The van der Waals surface area contributed by atoms with Crippen molar-refractivity contribution in [2.75, 3.05) is 7.05 Å². The number of carbonyl (C=O) groups is 1. The summed E-state index contributed by atoms with van der Waals surface area (Å²) in [5.41, 5.74) is 0. The molecule has 0 N–H and O–H groups in total. The molecule has 1 aromatic rings. The third-order valence-corrected chi connectivity index (χ3v) is 3.18. The van der Waals surface area contributed by atoms with Gasteiger partial charge in [-0.05, 0) is 24.4 Å². The Labute approximate surface area is 85.5 Å². The second-order valence-electron chi connectivity index (χ2n) is 3.16. The lowest BCUT2D eigenvalue weighted by molar-refractivity contribution is 0.0790. The molecule has 0 aromatic carbocycles. The summed E-state index contributed by atoms with van der Waals surface area (Å²) in [5.74, 6) is 0.0342. The highest BCUT2D eigenvalue weighted by molar-refractivity contribution is 7.08. The number of aromatic nitrogens is 1. The van der Waals surface area contributed by atoms with Crippen molar-refractivity contribution in [3.8, 4) is 0 Å². The molecule has 0 saturated heterocycles. The number of hydrogen-bond acceptors (Lipinski definition) is 3. The molecule has 1 aliphatic carbocycles. The van der Waals surface area contributed by atoms with Crippen LogP contribution in [0.25, 0.3) is 0 Å². The predicted molar refractivity (Wildman–Crippen MR) is 52.2 cm³/mol. The van der Waals surface area contributed by atoms with Gasteiger partial charge >= 0.3 is 0 Å². The highest BCUT2D eigenvalue weighted by atomic mass is 35.5. The number of hydrogen-bond donors (Lipinski definition) is 0. The SMILES string of the molecule is CN(C(=O)c1cc(Cl)ns1)C1CC1. The Bertz CT molecular complexity index is 335. The van der Waals surface area contributed by atoms with Crippen molar-refractivity contribution in [1.29, 1.82) is 0 Å². The maximum absolute atomic E-state index is 11.7. The van der Waals surface area contributed by atoms with Crippen molar-refractivity contribution in [2.24, 2.45) is 0 Å². The minimum absolute atomic E-state index is 0.0342. The van der Waals surface area contributed by atoms with E-state index in [0.29, 0.717) is 16.1 Å². The van der Waals surface area contributed by atoms with Gasteiger partial charge in [-0.1, -0.05) is 11.6 Å². The van der Waals surface area contributed by atoms with E-state index in [2.05, 4.69) is 4.37 Å². The van der Waals surface area contributed by atoms with Crippen LogP contribution in [0.3, 0.4) is 0 Å². The van der Waals surface area contributed by atoms with Crippen LogP contribution >= 0.6 is 23.1 Å². The molecular weight excluding hydrogens is 208 g/mol. The number of nitrogens with zero attached hydrogens (tertiary/aromatic N) is 2. The van der Waals surface area contributed by atoms with Crippen molar-refractivity contribution in [3.63, 3.8) is 0 Å². The number of carbonyl (C=O) groups excluding carboxylic acids is 1. The fourth-order valence-electron chi connectivity index (χ4n) is 1.16. The highest BCUT2D eigenvalue weighted by Crippen LogP contribution is 2.27. The summed E-state index contributed by atoms with van der Waals surface area (Å²) in [6.07, 6.45) is 2.24. The van der Waals surface area contributed by atoms with E-state index < -0.39 is 0 Å². The molecule has 1 amide bonds. The van der Waals surface area contributed by atoms with E-state index in [9.17, 15) is 4.79 Å². The molecule has 0 aliphatic heterocycles. The second-order valence-corrected chi connectivity index (χ2v) is 4.35. The molecule has 1 heterocycles. The van der Waals surface area contributed by atoms with Gasteiger partial charge in [-0.15, -0.1) is 0 Å². The van der Waals surface area contributed by atoms with Gasteiger partial charge in [0.2, 0.25) is 0 Å². The summed E-state index contributed by atoms with van der Waals surface area (Å²) in [6.45, 7) is 0. The number of halogens is 1. The molecule has 3 nitrogen and oxygen atoms in total. The van der Waals surface area contributed by atoms with Crippen molar-refractivity contribution in [2.45, 2.75) is 18.9 Å². The Morgan fingerprint density at radius 2 is 2.46 bits per heavy atom. The van der Waals surface area contributed by atoms with E-state index in [4.69, 9.17) is 11.6 Å². The summed E-state index contributed by atoms with van der Waals surface area (Å²) in [7, 11) is 1.83. The third kappa shape index (κ3) is 1.84. The maximum Gasteiger partial charge on any atom is 0.265 e. The van der Waals surface area contributed by atoms with E-state index in [1.165, 1.54) is 0 Å². The predicted octanol–water partition coefficient (Wildman–Crippen LogP) is 2.03. The Hall–Kier alpha value is -0.610. The zero-order valence-corrected chi connectivity index (χ0v) is 8.73. The first-order valence-electron chi connectivity index (χ1n) is 4.08. The minimum atomic E-state index is 0.0342. The van der Waals surface area contributed by atoms with Crippen LogP contribution < -0.4 is 0 Å². The monoisotopic (exact) mass is 216 g/mol. The van der Waals surface area contributed by atoms with Crippen LogP contribution in [0.2, 0.25) is 5.15 Å². The first kappa shape index (κ1) is 8.97. The quantitative estimate of drug-likeness (QED) is 0.758. The Morgan fingerprint density at radius 1 is 1.77 bits per heavy atom. The van der Waals surface area contributed by atoms with Crippen LogP contribution in [-0.2, 0) is 0 Å². The molecule has 0 unspecified atom stereocenters. The van der Waals surface area contributed by atoms with Gasteiger partial charge in [0.1, 0.15) is 10.0 Å². The molecule has 5 heteroatoms. The average molecular weight is 217 g/mol. The van der Waals surface area contributed by atoms with E-state index in [-0.39, 0.29) is 5.91 Å². The molecule has 1 saturated carbocycles. The molecule has 2 rings (SSSR count). The molecule has 1 fully saturated rings. The zero-order valence-electron chi connectivity index (χ0n) is 7.16. The summed E-state index contributed by atoms with van der Waals surface area (Å²) in [4.78, 5) is 14.1.